The predicted molar refractivity (Wildman–Crippen MR) is 76.5 cm³/mol. The molecule has 3 rings (SSSR count). The number of tetrazole rings is 1. The van der Waals surface area contributed by atoms with Gasteiger partial charge in [0.25, 0.3) is 0 Å². The van der Waals surface area contributed by atoms with E-state index in [1.54, 1.807) is 13.0 Å². The Morgan fingerprint density at radius 3 is 2.86 bits per heavy atom. The van der Waals surface area contributed by atoms with Crippen LogP contribution in [0.25, 0.3) is 0 Å². The van der Waals surface area contributed by atoms with E-state index in [0.29, 0.717) is 16.8 Å². The second-order valence-electron chi connectivity index (χ2n) is 5.30. The van der Waals surface area contributed by atoms with Gasteiger partial charge in [-0.15, -0.1) is 5.10 Å². The van der Waals surface area contributed by atoms with Gasteiger partial charge in [0.1, 0.15) is 5.82 Å². The number of rotatable bonds is 4. The second-order valence-corrected chi connectivity index (χ2v) is 6.31. The van der Waals surface area contributed by atoms with Gasteiger partial charge in [0.15, 0.2) is 0 Å². The maximum Gasteiger partial charge on any atom is 0.214 e. The molecule has 1 N–H and O–H groups in total. The van der Waals surface area contributed by atoms with Crippen LogP contribution in [0.4, 0.5) is 4.39 Å². The molecule has 0 unspecified atom stereocenters. The first-order valence-electron chi connectivity index (χ1n) is 7.08. The molecule has 1 aliphatic carbocycles. The molecule has 1 saturated carbocycles. The van der Waals surface area contributed by atoms with E-state index in [0.717, 1.165) is 17.7 Å². The Morgan fingerprint density at radius 2 is 2.14 bits per heavy atom. The number of aliphatic hydroxyl groups is 1. The smallest absolute Gasteiger partial charge is 0.214 e. The van der Waals surface area contributed by atoms with Gasteiger partial charge in [-0.2, -0.15) is 0 Å². The minimum atomic E-state index is -0.737. The molecule has 1 heterocycles. The molecule has 21 heavy (non-hydrogen) atoms. The van der Waals surface area contributed by atoms with Crippen LogP contribution in [0.1, 0.15) is 50.3 Å². The average molecular weight is 308 g/mol. The molecular formula is C14H17FN4OS. The lowest BCUT2D eigenvalue weighted by Gasteiger charge is -2.13. The third-order valence-corrected chi connectivity index (χ3v) is 4.80. The Balaban J connectivity index is 1.89. The first kappa shape index (κ1) is 14.5. The SMILES string of the molecule is C[C@H](O)c1cc(F)ccc1Sc1nnnn1C1CCCC1. The summed E-state index contributed by atoms with van der Waals surface area (Å²) in [6.45, 7) is 1.62. The zero-order valence-electron chi connectivity index (χ0n) is 11.7. The van der Waals surface area contributed by atoms with Crippen molar-refractivity contribution in [3.05, 3.63) is 29.6 Å². The van der Waals surface area contributed by atoms with Gasteiger partial charge in [-0.25, -0.2) is 9.07 Å². The van der Waals surface area contributed by atoms with Crippen LogP contribution in [0.5, 0.6) is 0 Å². The zero-order valence-corrected chi connectivity index (χ0v) is 12.6. The lowest BCUT2D eigenvalue weighted by molar-refractivity contribution is 0.196. The average Bonchev–Trinajstić information content (AvgIpc) is 3.11. The lowest BCUT2D eigenvalue weighted by atomic mass is 10.1. The molecule has 0 bridgehead atoms. The van der Waals surface area contributed by atoms with Crippen molar-refractivity contribution >= 4 is 11.8 Å². The first-order chi connectivity index (χ1) is 10.1. The predicted octanol–water partition coefficient (Wildman–Crippen LogP) is 3.13. The van der Waals surface area contributed by atoms with Gasteiger partial charge in [0, 0.05) is 4.90 Å². The molecule has 1 atom stereocenters. The monoisotopic (exact) mass is 308 g/mol. The van der Waals surface area contributed by atoms with Crippen LogP contribution < -0.4 is 0 Å². The van der Waals surface area contributed by atoms with Crippen LogP contribution >= 0.6 is 11.8 Å². The number of hydrogen-bond acceptors (Lipinski definition) is 5. The summed E-state index contributed by atoms with van der Waals surface area (Å²) in [7, 11) is 0. The molecule has 1 fully saturated rings. The molecule has 0 aliphatic heterocycles. The summed E-state index contributed by atoms with van der Waals surface area (Å²) < 4.78 is 15.2. The van der Waals surface area contributed by atoms with E-state index in [9.17, 15) is 9.50 Å². The molecule has 1 aromatic carbocycles. The fourth-order valence-electron chi connectivity index (χ4n) is 2.67. The Morgan fingerprint density at radius 1 is 1.38 bits per heavy atom. The first-order valence-corrected chi connectivity index (χ1v) is 7.90. The van der Waals surface area contributed by atoms with Crippen molar-refractivity contribution in [2.45, 2.75) is 54.8 Å². The van der Waals surface area contributed by atoms with Crippen molar-refractivity contribution < 1.29 is 9.50 Å². The van der Waals surface area contributed by atoms with Crippen LogP contribution in [0.15, 0.2) is 28.3 Å². The molecule has 0 saturated heterocycles. The molecule has 1 aliphatic rings. The minimum absolute atomic E-state index is 0.345. The van der Waals surface area contributed by atoms with E-state index in [-0.39, 0.29) is 5.82 Å². The zero-order chi connectivity index (χ0) is 14.8. The number of halogens is 1. The highest BCUT2D eigenvalue weighted by molar-refractivity contribution is 7.99. The number of benzene rings is 1. The largest absolute Gasteiger partial charge is 0.389 e. The summed E-state index contributed by atoms with van der Waals surface area (Å²) >= 11 is 1.37. The molecule has 2 aromatic rings. The Hall–Kier alpha value is -1.47. The minimum Gasteiger partial charge on any atom is -0.389 e. The van der Waals surface area contributed by atoms with Crippen molar-refractivity contribution in [1.82, 2.24) is 20.2 Å². The molecule has 0 spiro atoms. The topological polar surface area (TPSA) is 63.8 Å². The lowest BCUT2D eigenvalue weighted by Crippen LogP contribution is -2.08. The third kappa shape index (κ3) is 3.08. The summed E-state index contributed by atoms with van der Waals surface area (Å²) in [5, 5.41) is 22.4. The van der Waals surface area contributed by atoms with E-state index in [1.165, 1.54) is 36.7 Å². The van der Waals surface area contributed by atoms with Crippen molar-refractivity contribution in [3.63, 3.8) is 0 Å². The highest BCUT2D eigenvalue weighted by atomic mass is 32.2. The van der Waals surface area contributed by atoms with Crippen molar-refractivity contribution in [2.75, 3.05) is 0 Å². The number of nitrogens with zero attached hydrogens (tertiary/aromatic N) is 4. The number of aromatic nitrogens is 4. The molecule has 0 radical (unpaired) electrons. The van der Waals surface area contributed by atoms with Gasteiger partial charge < -0.3 is 5.11 Å². The second kappa shape index (κ2) is 6.11. The number of hydrogen-bond donors (Lipinski definition) is 1. The standard InChI is InChI=1S/C14H17FN4OS/c1-9(20)12-8-10(15)6-7-13(12)21-14-16-17-18-19(14)11-4-2-3-5-11/h6-9,11,20H,2-5H2,1H3/t9-/m0/s1. The summed E-state index contributed by atoms with van der Waals surface area (Å²) in [5.74, 6) is -0.356. The van der Waals surface area contributed by atoms with E-state index >= 15 is 0 Å². The fraction of sp³-hybridized carbons (Fsp3) is 0.500. The van der Waals surface area contributed by atoms with Gasteiger partial charge >= 0.3 is 0 Å². The summed E-state index contributed by atoms with van der Waals surface area (Å²) in [6, 6.07) is 4.75. The van der Waals surface area contributed by atoms with Crippen LogP contribution in [0.3, 0.4) is 0 Å². The van der Waals surface area contributed by atoms with Gasteiger partial charge in [-0.3, -0.25) is 0 Å². The number of aliphatic hydroxyl groups excluding tert-OH is 1. The molecule has 112 valence electrons. The van der Waals surface area contributed by atoms with Crippen LogP contribution in [-0.2, 0) is 0 Å². The van der Waals surface area contributed by atoms with Gasteiger partial charge in [0.05, 0.1) is 12.1 Å². The van der Waals surface area contributed by atoms with Crippen LogP contribution in [-0.4, -0.2) is 25.3 Å². The van der Waals surface area contributed by atoms with Crippen molar-refractivity contribution in [3.8, 4) is 0 Å². The highest BCUT2D eigenvalue weighted by Gasteiger charge is 2.22. The van der Waals surface area contributed by atoms with Crippen molar-refractivity contribution in [2.24, 2.45) is 0 Å². The molecule has 1 aromatic heterocycles. The van der Waals surface area contributed by atoms with Gasteiger partial charge in [-0.05, 0) is 65.7 Å². The molecule has 0 amide bonds. The van der Waals surface area contributed by atoms with E-state index in [2.05, 4.69) is 15.5 Å². The van der Waals surface area contributed by atoms with E-state index < -0.39 is 6.10 Å². The summed E-state index contributed by atoms with van der Waals surface area (Å²) in [4.78, 5) is 0.778. The Bertz CT molecular complexity index is 625. The van der Waals surface area contributed by atoms with E-state index in [4.69, 9.17) is 0 Å². The summed E-state index contributed by atoms with van der Waals surface area (Å²) in [5.41, 5.74) is 0.556. The highest BCUT2D eigenvalue weighted by Crippen LogP contribution is 2.36. The van der Waals surface area contributed by atoms with Crippen LogP contribution in [0, 0.1) is 5.82 Å². The van der Waals surface area contributed by atoms with Gasteiger partial charge in [-0.1, -0.05) is 12.8 Å². The molecule has 7 heteroatoms. The quantitative estimate of drug-likeness (QED) is 0.940. The summed E-state index contributed by atoms with van der Waals surface area (Å²) in [6.07, 6.45) is 3.84. The van der Waals surface area contributed by atoms with Crippen molar-refractivity contribution in [1.29, 1.82) is 0 Å². The Labute approximate surface area is 126 Å². The van der Waals surface area contributed by atoms with E-state index in [1.807, 2.05) is 4.68 Å². The fourth-order valence-corrected chi connectivity index (χ4v) is 3.70. The third-order valence-electron chi connectivity index (χ3n) is 3.76. The molecule has 5 nitrogen and oxygen atoms in total. The maximum absolute atomic E-state index is 13.3. The maximum atomic E-state index is 13.3. The van der Waals surface area contributed by atoms with Crippen LogP contribution in [0.2, 0.25) is 0 Å². The Kier molecular flexibility index (Phi) is 4.21. The van der Waals surface area contributed by atoms with Gasteiger partial charge in [0.2, 0.25) is 5.16 Å². The normalized spacial score (nSPS) is 17.3. The molecular weight excluding hydrogens is 291 g/mol.